The minimum absolute atomic E-state index is 0.00440. The standard InChI is InChI=1S/C18H21FN2O4S/c1-13-11-14(3-8-17(13)19)12-20-18(22)9-10-21-26(23,24)16-6-4-15(25-2)5-7-16/h3-8,11,21H,9-10,12H2,1-2H3,(H,20,22). The minimum Gasteiger partial charge on any atom is -0.497 e. The summed E-state index contributed by atoms with van der Waals surface area (Å²) in [4.78, 5) is 11.9. The molecule has 1 amide bonds. The highest BCUT2D eigenvalue weighted by atomic mass is 32.2. The molecule has 140 valence electrons. The highest BCUT2D eigenvalue weighted by molar-refractivity contribution is 7.89. The molecule has 0 bridgehead atoms. The Morgan fingerprint density at radius 2 is 1.85 bits per heavy atom. The molecule has 2 aromatic carbocycles. The molecule has 2 rings (SSSR count). The first-order valence-corrected chi connectivity index (χ1v) is 9.45. The van der Waals surface area contributed by atoms with Gasteiger partial charge in [-0.2, -0.15) is 0 Å². The predicted octanol–water partition coefficient (Wildman–Crippen LogP) is 2.13. The van der Waals surface area contributed by atoms with Gasteiger partial charge in [-0.1, -0.05) is 12.1 Å². The van der Waals surface area contributed by atoms with E-state index in [0.717, 1.165) is 5.56 Å². The maximum Gasteiger partial charge on any atom is 0.240 e. The summed E-state index contributed by atoms with van der Waals surface area (Å²) in [5.41, 5.74) is 1.28. The molecular weight excluding hydrogens is 359 g/mol. The molecule has 0 spiro atoms. The van der Waals surface area contributed by atoms with Gasteiger partial charge in [0, 0.05) is 19.5 Å². The van der Waals surface area contributed by atoms with Crippen molar-refractivity contribution in [3.8, 4) is 5.75 Å². The highest BCUT2D eigenvalue weighted by Gasteiger charge is 2.14. The van der Waals surface area contributed by atoms with Crippen LogP contribution in [0.2, 0.25) is 0 Å². The van der Waals surface area contributed by atoms with E-state index in [9.17, 15) is 17.6 Å². The average Bonchev–Trinajstić information content (AvgIpc) is 2.62. The van der Waals surface area contributed by atoms with Gasteiger partial charge in [-0.3, -0.25) is 4.79 Å². The monoisotopic (exact) mass is 380 g/mol. The smallest absolute Gasteiger partial charge is 0.240 e. The fraction of sp³-hybridized carbons (Fsp3) is 0.278. The van der Waals surface area contributed by atoms with Crippen molar-refractivity contribution in [3.05, 3.63) is 59.4 Å². The van der Waals surface area contributed by atoms with Crippen LogP contribution in [0, 0.1) is 12.7 Å². The number of carbonyl (C=O) groups is 1. The number of carbonyl (C=O) groups excluding carboxylic acids is 1. The largest absolute Gasteiger partial charge is 0.497 e. The number of hydrogen-bond acceptors (Lipinski definition) is 4. The lowest BCUT2D eigenvalue weighted by Gasteiger charge is -2.09. The van der Waals surface area contributed by atoms with E-state index in [0.29, 0.717) is 11.3 Å². The van der Waals surface area contributed by atoms with Gasteiger partial charge in [0.15, 0.2) is 0 Å². The molecule has 0 fully saturated rings. The van der Waals surface area contributed by atoms with E-state index < -0.39 is 10.0 Å². The number of methoxy groups -OCH3 is 1. The highest BCUT2D eigenvalue weighted by Crippen LogP contribution is 2.15. The third-order valence-corrected chi connectivity index (χ3v) is 5.20. The quantitative estimate of drug-likeness (QED) is 0.735. The van der Waals surface area contributed by atoms with Gasteiger partial charge in [0.05, 0.1) is 12.0 Å². The Morgan fingerprint density at radius 3 is 2.46 bits per heavy atom. The first-order chi connectivity index (χ1) is 12.3. The van der Waals surface area contributed by atoms with Crippen LogP contribution in [0.25, 0.3) is 0 Å². The lowest BCUT2D eigenvalue weighted by Crippen LogP contribution is -2.30. The summed E-state index contributed by atoms with van der Waals surface area (Å²) in [6.45, 7) is 1.88. The van der Waals surface area contributed by atoms with Crippen LogP contribution in [0.5, 0.6) is 5.75 Å². The molecular formula is C18H21FN2O4S. The van der Waals surface area contributed by atoms with Crippen LogP contribution >= 0.6 is 0 Å². The normalized spacial score (nSPS) is 11.2. The van der Waals surface area contributed by atoms with E-state index in [1.54, 1.807) is 31.2 Å². The zero-order valence-corrected chi connectivity index (χ0v) is 15.4. The fourth-order valence-corrected chi connectivity index (χ4v) is 3.27. The fourth-order valence-electron chi connectivity index (χ4n) is 2.24. The first-order valence-electron chi connectivity index (χ1n) is 7.97. The van der Waals surface area contributed by atoms with E-state index in [-0.39, 0.29) is 36.1 Å². The van der Waals surface area contributed by atoms with Crippen molar-refractivity contribution in [2.24, 2.45) is 0 Å². The number of rotatable bonds is 8. The summed E-state index contributed by atoms with van der Waals surface area (Å²) in [5, 5.41) is 2.67. The second-order valence-corrected chi connectivity index (χ2v) is 7.45. The van der Waals surface area contributed by atoms with Gasteiger partial charge >= 0.3 is 0 Å². The molecule has 26 heavy (non-hydrogen) atoms. The maximum atomic E-state index is 13.2. The summed E-state index contributed by atoms with van der Waals surface area (Å²) >= 11 is 0. The van der Waals surface area contributed by atoms with Crippen LogP contribution in [0.4, 0.5) is 4.39 Å². The number of hydrogen-bond donors (Lipinski definition) is 2. The number of halogens is 1. The molecule has 0 saturated carbocycles. The molecule has 0 aliphatic heterocycles. The summed E-state index contributed by atoms with van der Waals surface area (Å²) in [6, 6.07) is 10.5. The number of nitrogens with one attached hydrogen (secondary N) is 2. The van der Waals surface area contributed by atoms with Gasteiger partial charge < -0.3 is 10.1 Å². The summed E-state index contributed by atoms with van der Waals surface area (Å²) in [6.07, 6.45) is -0.00440. The van der Waals surface area contributed by atoms with E-state index in [4.69, 9.17) is 4.74 Å². The molecule has 0 heterocycles. The van der Waals surface area contributed by atoms with Crippen LogP contribution in [0.1, 0.15) is 17.5 Å². The number of sulfonamides is 1. The van der Waals surface area contributed by atoms with Crippen molar-refractivity contribution < 1.29 is 22.3 Å². The summed E-state index contributed by atoms with van der Waals surface area (Å²) in [5.74, 6) is -0.0446. The molecule has 0 radical (unpaired) electrons. The molecule has 0 aromatic heterocycles. The Morgan fingerprint density at radius 1 is 1.15 bits per heavy atom. The van der Waals surface area contributed by atoms with Gasteiger partial charge in [0.2, 0.25) is 15.9 Å². The van der Waals surface area contributed by atoms with Crippen molar-refractivity contribution in [1.82, 2.24) is 10.0 Å². The second-order valence-electron chi connectivity index (χ2n) is 5.68. The predicted molar refractivity (Wildman–Crippen MR) is 95.8 cm³/mol. The van der Waals surface area contributed by atoms with Crippen LogP contribution in [-0.2, 0) is 21.4 Å². The molecule has 0 unspecified atom stereocenters. The first kappa shape index (κ1) is 19.9. The van der Waals surface area contributed by atoms with E-state index in [1.165, 1.54) is 25.3 Å². The van der Waals surface area contributed by atoms with Crippen molar-refractivity contribution in [2.75, 3.05) is 13.7 Å². The van der Waals surface area contributed by atoms with Crippen LogP contribution in [0.3, 0.4) is 0 Å². The van der Waals surface area contributed by atoms with Gasteiger partial charge in [-0.05, 0) is 48.4 Å². The lowest BCUT2D eigenvalue weighted by molar-refractivity contribution is -0.121. The van der Waals surface area contributed by atoms with Gasteiger partial charge in [0.25, 0.3) is 0 Å². The Balaban J connectivity index is 1.80. The van der Waals surface area contributed by atoms with E-state index in [1.807, 2.05) is 0 Å². The Kier molecular flexibility index (Phi) is 6.70. The molecule has 2 aromatic rings. The van der Waals surface area contributed by atoms with Gasteiger partial charge in [0.1, 0.15) is 11.6 Å². The molecule has 6 nitrogen and oxygen atoms in total. The molecule has 0 aliphatic carbocycles. The molecule has 0 saturated heterocycles. The average molecular weight is 380 g/mol. The van der Waals surface area contributed by atoms with Crippen LogP contribution < -0.4 is 14.8 Å². The third-order valence-electron chi connectivity index (χ3n) is 3.73. The van der Waals surface area contributed by atoms with Crippen LogP contribution in [0.15, 0.2) is 47.4 Å². The molecule has 0 atom stereocenters. The van der Waals surface area contributed by atoms with E-state index in [2.05, 4.69) is 10.0 Å². The Labute approximate surface area is 152 Å². The second kappa shape index (κ2) is 8.77. The van der Waals surface area contributed by atoms with Crippen molar-refractivity contribution in [2.45, 2.75) is 24.8 Å². The summed E-state index contributed by atoms with van der Waals surface area (Å²) in [7, 11) is -2.19. The number of benzene rings is 2. The summed E-state index contributed by atoms with van der Waals surface area (Å²) < 4.78 is 44.8. The Hall–Kier alpha value is -2.45. The zero-order valence-electron chi connectivity index (χ0n) is 14.6. The van der Waals surface area contributed by atoms with Gasteiger partial charge in [-0.25, -0.2) is 17.5 Å². The van der Waals surface area contributed by atoms with Crippen molar-refractivity contribution in [3.63, 3.8) is 0 Å². The van der Waals surface area contributed by atoms with E-state index >= 15 is 0 Å². The lowest BCUT2D eigenvalue weighted by atomic mass is 10.1. The third kappa shape index (κ3) is 5.53. The Bertz CT molecular complexity index is 867. The number of ether oxygens (including phenoxy) is 1. The maximum absolute atomic E-state index is 13.2. The number of aryl methyl sites for hydroxylation is 1. The topological polar surface area (TPSA) is 84.5 Å². The molecule has 0 aliphatic rings. The molecule has 8 heteroatoms. The minimum atomic E-state index is -3.69. The van der Waals surface area contributed by atoms with Crippen LogP contribution in [-0.4, -0.2) is 28.0 Å². The number of amides is 1. The SMILES string of the molecule is COc1ccc(S(=O)(=O)NCCC(=O)NCc2ccc(F)c(C)c2)cc1. The van der Waals surface area contributed by atoms with Crippen molar-refractivity contribution >= 4 is 15.9 Å². The zero-order chi connectivity index (χ0) is 19.2. The van der Waals surface area contributed by atoms with Gasteiger partial charge in [-0.15, -0.1) is 0 Å². The van der Waals surface area contributed by atoms with Crippen molar-refractivity contribution in [1.29, 1.82) is 0 Å². The molecule has 2 N–H and O–H groups in total.